The molecule has 0 aromatic carbocycles. The zero-order chi connectivity index (χ0) is 15.9. The van der Waals surface area contributed by atoms with Gasteiger partial charge < -0.3 is 21.1 Å². The summed E-state index contributed by atoms with van der Waals surface area (Å²) >= 11 is 0. The van der Waals surface area contributed by atoms with Crippen LogP contribution in [-0.4, -0.2) is 41.1 Å². The van der Waals surface area contributed by atoms with Crippen molar-refractivity contribution in [3.8, 4) is 0 Å². The third kappa shape index (κ3) is 5.61. The van der Waals surface area contributed by atoms with Crippen LogP contribution in [0.15, 0.2) is 0 Å². The minimum absolute atomic E-state index is 0.0865. The Morgan fingerprint density at radius 3 is 2.38 bits per heavy atom. The number of carboxylic acids is 1. The van der Waals surface area contributed by atoms with Gasteiger partial charge in [0, 0.05) is 6.54 Å². The number of hydrogen-bond donors (Lipinski definition) is 4. The molecule has 4 N–H and O–H groups in total. The zero-order valence-corrected chi connectivity index (χ0v) is 12.7. The predicted molar refractivity (Wildman–Crippen MR) is 77.9 cm³/mol. The highest BCUT2D eigenvalue weighted by atomic mass is 16.4. The highest BCUT2D eigenvalue weighted by Gasteiger charge is 2.37. The Balaban J connectivity index is 2.50. The highest BCUT2D eigenvalue weighted by Crippen LogP contribution is 2.32. The number of carbonyl (C=O) groups excluding carboxylic acids is 2. The Hall–Kier alpha value is -1.79. The predicted octanol–water partition coefficient (Wildman–Crippen LogP) is 0.988. The van der Waals surface area contributed by atoms with E-state index in [1.54, 1.807) is 6.92 Å². The summed E-state index contributed by atoms with van der Waals surface area (Å²) in [5, 5.41) is 17.0. The maximum Gasteiger partial charge on any atom is 0.315 e. The Morgan fingerprint density at radius 2 is 1.86 bits per heavy atom. The molecule has 1 fully saturated rings. The van der Waals surface area contributed by atoms with Gasteiger partial charge in [-0.1, -0.05) is 19.8 Å². The van der Waals surface area contributed by atoms with Crippen molar-refractivity contribution in [1.29, 1.82) is 0 Å². The molecule has 0 radical (unpaired) electrons. The minimum atomic E-state index is -0.925. The van der Waals surface area contributed by atoms with E-state index in [4.69, 9.17) is 5.11 Å². The monoisotopic (exact) mass is 299 g/mol. The largest absolute Gasteiger partial charge is 0.481 e. The quantitative estimate of drug-likeness (QED) is 0.562. The van der Waals surface area contributed by atoms with Crippen LogP contribution in [0.1, 0.15) is 52.4 Å². The van der Waals surface area contributed by atoms with E-state index in [1.807, 2.05) is 6.92 Å². The molecule has 1 atom stereocenters. The second-order valence-electron chi connectivity index (χ2n) is 5.67. The maximum atomic E-state index is 12.0. The van der Waals surface area contributed by atoms with E-state index < -0.39 is 23.6 Å². The molecule has 0 aliphatic heterocycles. The van der Waals surface area contributed by atoms with Crippen LogP contribution in [0.5, 0.6) is 0 Å². The molecule has 3 amide bonds. The number of urea groups is 1. The van der Waals surface area contributed by atoms with E-state index in [-0.39, 0.29) is 12.3 Å². The van der Waals surface area contributed by atoms with E-state index in [0.717, 1.165) is 19.3 Å². The second-order valence-corrected chi connectivity index (χ2v) is 5.67. The lowest BCUT2D eigenvalue weighted by Gasteiger charge is -2.29. The van der Waals surface area contributed by atoms with Crippen molar-refractivity contribution in [3.63, 3.8) is 0 Å². The van der Waals surface area contributed by atoms with Crippen molar-refractivity contribution >= 4 is 17.9 Å². The SMILES string of the molecule is CCCNC(=O)C(C)NC(=O)NC1(CC(=O)O)CCCC1. The second kappa shape index (κ2) is 7.85. The van der Waals surface area contributed by atoms with Gasteiger partial charge in [-0.15, -0.1) is 0 Å². The molecular weight excluding hydrogens is 274 g/mol. The first-order valence-corrected chi connectivity index (χ1v) is 7.47. The van der Waals surface area contributed by atoms with Gasteiger partial charge in [0.2, 0.25) is 5.91 Å². The van der Waals surface area contributed by atoms with Crippen LogP contribution in [0, 0.1) is 0 Å². The summed E-state index contributed by atoms with van der Waals surface area (Å²) in [5.74, 6) is -1.17. The van der Waals surface area contributed by atoms with Crippen molar-refractivity contribution in [2.45, 2.75) is 64.0 Å². The molecule has 0 aromatic rings. The normalized spacial score (nSPS) is 17.8. The summed E-state index contributed by atoms with van der Waals surface area (Å²) in [6.45, 7) is 4.11. The van der Waals surface area contributed by atoms with Gasteiger partial charge in [0.15, 0.2) is 0 Å². The van der Waals surface area contributed by atoms with E-state index in [1.165, 1.54) is 0 Å². The van der Waals surface area contributed by atoms with Crippen LogP contribution >= 0.6 is 0 Å². The first-order valence-electron chi connectivity index (χ1n) is 7.47. The molecule has 7 heteroatoms. The molecule has 1 rings (SSSR count). The standard InChI is InChI=1S/C14H25N3O4/c1-3-8-15-12(20)10(2)16-13(21)17-14(9-11(18)19)6-4-5-7-14/h10H,3-9H2,1-2H3,(H,15,20)(H,18,19)(H2,16,17,21). The lowest BCUT2D eigenvalue weighted by molar-refractivity contribution is -0.138. The third-order valence-corrected chi connectivity index (χ3v) is 3.72. The number of hydrogen-bond acceptors (Lipinski definition) is 3. The summed E-state index contributed by atoms with van der Waals surface area (Å²) in [6, 6.07) is -1.14. The van der Waals surface area contributed by atoms with Gasteiger partial charge in [-0.25, -0.2) is 4.79 Å². The van der Waals surface area contributed by atoms with E-state index in [9.17, 15) is 14.4 Å². The van der Waals surface area contributed by atoms with E-state index in [2.05, 4.69) is 16.0 Å². The molecule has 120 valence electrons. The van der Waals surface area contributed by atoms with Gasteiger partial charge in [-0.3, -0.25) is 9.59 Å². The molecule has 0 saturated heterocycles. The summed E-state index contributed by atoms with van der Waals surface area (Å²) in [7, 11) is 0. The fourth-order valence-electron chi connectivity index (χ4n) is 2.63. The lowest BCUT2D eigenvalue weighted by atomic mass is 9.93. The third-order valence-electron chi connectivity index (χ3n) is 3.72. The van der Waals surface area contributed by atoms with Crippen LogP contribution in [0.3, 0.4) is 0 Å². The molecule has 0 bridgehead atoms. The number of nitrogens with one attached hydrogen (secondary N) is 3. The van der Waals surface area contributed by atoms with Crippen molar-refractivity contribution in [3.05, 3.63) is 0 Å². The van der Waals surface area contributed by atoms with Gasteiger partial charge >= 0.3 is 12.0 Å². The molecular formula is C14H25N3O4. The molecule has 7 nitrogen and oxygen atoms in total. The van der Waals surface area contributed by atoms with Crippen molar-refractivity contribution in [2.24, 2.45) is 0 Å². The zero-order valence-electron chi connectivity index (χ0n) is 12.7. The number of aliphatic carboxylic acids is 1. The number of carbonyl (C=O) groups is 3. The summed E-state index contributed by atoms with van der Waals surface area (Å²) < 4.78 is 0. The molecule has 1 aliphatic rings. The Morgan fingerprint density at radius 1 is 1.24 bits per heavy atom. The molecule has 1 aliphatic carbocycles. The van der Waals surface area contributed by atoms with Crippen LogP contribution in [-0.2, 0) is 9.59 Å². The van der Waals surface area contributed by atoms with Crippen LogP contribution < -0.4 is 16.0 Å². The highest BCUT2D eigenvalue weighted by molar-refractivity contribution is 5.87. The maximum absolute atomic E-state index is 12.0. The van der Waals surface area contributed by atoms with Crippen molar-refractivity contribution in [1.82, 2.24) is 16.0 Å². The molecule has 1 unspecified atom stereocenters. The van der Waals surface area contributed by atoms with Crippen LogP contribution in [0.4, 0.5) is 4.79 Å². The average molecular weight is 299 g/mol. The number of rotatable bonds is 7. The number of carboxylic acid groups (broad SMARTS) is 1. The molecule has 21 heavy (non-hydrogen) atoms. The summed E-state index contributed by atoms with van der Waals surface area (Å²) in [4.78, 5) is 34.6. The average Bonchev–Trinajstić information content (AvgIpc) is 2.82. The summed E-state index contributed by atoms with van der Waals surface area (Å²) in [5.41, 5.74) is -0.685. The van der Waals surface area contributed by atoms with Crippen LogP contribution in [0.2, 0.25) is 0 Å². The van der Waals surface area contributed by atoms with E-state index in [0.29, 0.717) is 19.4 Å². The minimum Gasteiger partial charge on any atom is -0.481 e. The number of amides is 3. The topological polar surface area (TPSA) is 108 Å². The van der Waals surface area contributed by atoms with Crippen molar-refractivity contribution in [2.75, 3.05) is 6.54 Å². The fraction of sp³-hybridized carbons (Fsp3) is 0.786. The van der Waals surface area contributed by atoms with E-state index >= 15 is 0 Å². The first kappa shape index (κ1) is 17.3. The van der Waals surface area contributed by atoms with Gasteiger partial charge in [-0.05, 0) is 26.2 Å². The Labute approximate surface area is 124 Å². The van der Waals surface area contributed by atoms with Gasteiger partial charge in [0.05, 0.1) is 12.0 Å². The van der Waals surface area contributed by atoms with Crippen molar-refractivity contribution < 1.29 is 19.5 Å². The Kier molecular flexibility index (Phi) is 6.45. The molecule has 0 heterocycles. The smallest absolute Gasteiger partial charge is 0.315 e. The van der Waals surface area contributed by atoms with Gasteiger partial charge in [0.25, 0.3) is 0 Å². The first-order chi connectivity index (χ1) is 9.88. The van der Waals surface area contributed by atoms with Gasteiger partial charge in [0.1, 0.15) is 6.04 Å². The summed E-state index contributed by atoms with van der Waals surface area (Å²) in [6.07, 6.45) is 3.86. The molecule has 1 saturated carbocycles. The molecule has 0 aromatic heterocycles. The van der Waals surface area contributed by atoms with Gasteiger partial charge in [-0.2, -0.15) is 0 Å². The molecule has 0 spiro atoms. The van der Waals surface area contributed by atoms with Crippen LogP contribution in [0.25, 0.3) is 0 Å². The lowest BCUT2D eigenvalue weighted by Crippen LogP contribution is -2.55. The fourth-order valence-corrected chi connectivity index (χ4v) is 2.63. The Bertz CT molecular complexity index is 392.